The van der Waals surface area contributed by atoms with Crippen LogP contribution in [0, 0.1) is 13.8 Å². The molecule has 0 radical (unpaired) electrons. The van der Waals surface area contributed by atoms with Crippen LogP contribution in [-0.2, 0) is 0 Å². The molecule has 2 aromatic heterocycles. The van der Waals surface area contributed by atoms with Gasteiger partial charge in [-0.2, -0.15) is 0 Å². The number of fused-ring (bicyclic) bond motifs is 1. The summed E-state index contributed by atoms with van der Waals surface area (Å²) in [6, 6.07) is 6.14. The fourth-order valence-electron chi connectivity index (χ4n) is 4.70. The predicted octanol–water partition coefficient (Wildman–Crippen LogP) is 4.69. The van der Waals surface area contributed by atoms with Crippen LogP contribution in [0.4, 0.5) is 5.82 Å². The Morgan fingerprint density at radius 1 is 1.06 bits per heavy atom. The van der Waals surface area contributed by atoms with Crippen molar-refractivity contribution in [3.63, 3.8) is 0 Å². The fraction of sp³-hybridized carbons (Fsp3) is 0.458. The molecule has 3 aromatic rings. The first-order valence-corrected chi connectivity index (χ1v) is 11.6. The van der Waals surface area contributed by atoms with Crippen LogP contribution in [0.2, 0.25) is 0 Å². The van der Waals surface area contributed by atoms with E-state index < -0.39 is 0 Å². The van der Waals surface area contributed by atoms with Crippen molar-refractivity contribution in [3.05, 3.63) is 41.1 Å². The third kappa shape index (κ3) is 3.89. The number of aromatic nitrogens is 3. The molecule has 1 aromatic carbocycles. The summed E-state index contributed by atoms with van der Waals surface area (Å²) >= 11 is 6.22. The highest BCUT2D eigenvalue weighted by molar-refractivity contribution is 6.20. The van der Waals surface area contributed by atoms with E-state index in [1.165, 1.54) is 12.8 Å². The van der Waals surface area contributed by atoms with E-state index in [0.717, 1.165) is 70.9 Å². The molecule has 6 nitrogen and oxygen atoms in total. The van der Waals surface area contributed by atoms with E-state index in [9.17, 15) is 4.79 Å². The maximum absolute atomic E-state index is 13.2. The minimum atomic E-state index is 0.0800. The van der Waals surface area contributed by atoms with Crippen LogP contribution >= 0.6 is 11.6 Å². The molecule has 0 spiro atoms. The molecule has 5 rings (SSSR count). The summed E-state index contributed by atoms with van der Waals surface area (Å²) < 4.78 is 0. The van der Waals surface area contributed by atoms with Gasteiger partial charge in [-0.1, -0.05) is 6.07 Å². The molecule has 0 bridgehead atoms. The van der Waals surface area contributed by atoms with Gasteiger partial charge in [-0.05, 0) is 56.7 Å². The first kappa shape index (κ1) is 20.3. The number of carbonyl (C=O) groups is 1. The van der Waals surface area contributed by atoms with Crippen LogP contribution in [0.3, 0.4) is 0 Å². The molecular formula is C24H28ClN5O. The number of H-pyrrole nitrogens is 1. The maximum Gasteiger partial charge on any atom is 0.254 e. The van der Waals surface area contributed by atoms with Gasteiger partial charge >= 0.3 is 0 Å². The number of halogens is 1. The molecule has 7 heteroatoms. The number of nitrogens with zero attached hydrogens (tertiary/aromatic N) is 4. The van der Waals surface area contributed by atoms with Crippen molar-refractivity contribution >= 4 is 34.4 Å². The SMILES string of the molecule is Cc1cc(C)c(-c2nc3cc(N4CCCC4)ncc3[nH]2)cc1C(=O)N1CCC(Cl)CC1. The summed E-state index contributed by atoms with van der Waals surface area (Å²) in [5, 5.41) is 0.174. The van der Waals surface area contributed by atoms with Gasteiger partial charge in [0.25, 0.3) is 5.91 Å². The van der Waals surface area contributed by atoms with E-state index in [2.05, 4.69) is 33.9 Å². The maximum atomic E-state index is 13.2. The second-order valence-electron chi connectivity index (χ2n) is 8.79. The topological polar surface area (TPSA) is 65.1 Å². The summed E-state index contributed by atoms with van der Waals surface area (Å²) in [6.45, 7) is 7.61. The number of benzene rings is 1. The number of likely N-dealkylation sites (tertiary alicyclic amines) is 1. The smallest absolute Gasteiger partial charge is 0.254 e. The molecule has 31 heavy (non-hydrogen) atoms. The van der Waals surface area contributed by atoms with E-state index in [4.69, 9.17) is 16.6 Å². The Morgan fingerprint density at radius 3 is 2.55 bits per heavy atom. The molecule has 2 fully saturated rings. The third-order valence-electron chi connectivity index (χ3n) is 6.55. The zero-order valence-corrected chi connectivity index (χ0v) is 18.9. The van der Waals surface area contributed by atoms with Crippen molar-refractivity contribution in [1.29, 1.82) is 0 Å². The van der Waals surface area contributed by atoms with Crippen LogP contribution < -0.4 is 4.90 Å². The van der Waals surface area contributed by atoms with Gasteiger partial charge in [-0.3, -0.25) is 4.79 Å². The Kier molecular flexibility index (Phi) is 5.34. The lowest BCUT2D eigenvalue weighted by Gasteiger charge is -2.30. The lowest BCUT2D eigenvalue weighted by atomic mass is 9.98. The van der Waals surface area contributed by atoms with Gasteiger partial charge < -0.3 is 14.8 Å². The van der Waals surface area contributed by atoms with Gasteiger partial charge in [-0.25, -0.2) is 9.97 Å². The standard InChI is InChI=1S/C24H28ClN5O/c1-15-11-16(2)19(24(31)30-9-5-17(25)6-10-30)12-18(15)23-27-20-13-22(26-14-21(20)28-23)29-7-3-4-8-29/h11-14,17H,3-10H2,1-2H3,(H,27,28). The van der Waals surface area contributed by atoms with Crippen LogP contribution in [0.15, 0.2) is 24.4 Å². The highest BCUT2D eigenvalue weighted by atomic mass is 35.5. The predicted molar refractivity (Wildman–Crippen MR) is 125 cm³/mol. The Morgan fingerprint density at radius 2 is 1.81 bits per heavy atom. The van der Waals surface area contributed by atoms with E-state index in [1.807, 2.05) is 24.1 Å². The second-order valence-corrected chi connectivity index (χ2v) is 9.41. The quantitative estimate of drug-likeness (QED) is 0.604. The molecule has 0 unspecified atom stereocenters. The Balaban J connectivity index is 1.48. The number of amides is 1. The van der Waals surface area contributed by atoms with Crippen molar-refractivity contribution in [2.24, 2.45) is 0 Å². The van der Waals surface area contributed by atoms with Gasteiger partial charge in [0.2, 0.25) is 0 Å². The Labute approximate surface area is 187 Å². The van der Waals surface area contributed by atoms with E-state index in [-0.39, 0.29) is 11.3 Å². The minimum Gasteiger partial charge on any atom is -0.357 e. The number of aromatic amines is 1. The number of anilines is 1. The minimum absolute atomic E-state index is 0.0800. The lowest BCUT2D eigenvalue weighted by Crippen LogP contribution is -2.39. The first-order chi connectivity index (χ1) is 15.0. The van der Waals surface area contributed by atoms with E-state index in [0.29, 0.717) is 13.1 Å². The molecule has 2 aliphatic rings. The van der Waals surface area contributed by atoms with Crippen molar-refractivity contribution in [2.45, 2.75) is 44.9 Å². The third-order valence-corrected chi connectivity index (χ3v) is 6.99. The summed E-state index contributed by atoms with van der Waals surface area (Å²) in [4.78, 5) is 30.4. The van der Waals surface area contributed by atoms with Crippen molar-refractivity contribution < 1.29 is 4.79 Å². The average molecular weight is 438 g/mol. The van der Waals surface area contributed by atoms with Gasteiger partial charge in [0, 0.05) is 48.7 Å². The fourth-order valence-corrected chi connectivity index (χ4v) is 4.90. The Bertz CT molecular complexity index is 1130. The number of aryl methyl sites for hydroxylation is 2. The zero-order valence-electron chi connectivity index (χ0n) is 18.1. The van der Waals surface area contributed by atoms with E-state index in [1.54, 1.807) is 0 Å². The number of piperidine rings is 1. The van der Waals surface area contributed by atoms with Crippen molar-refractivity contribution in [1.82, 2.24) is 19.9 Å². The van der Waals surface area contributed by atoms with Crippen molar-refractivity contribution in [2.75, 3.05) is 31.1 Å². The average Bonchev–Trinajstić information content (AvgIpc) is 3.43. The highest BCUT2D eigenvalue weighted by Crippen LogP contribution is 2.29. The number of pyridine rings is 1. The molecule has 4 heterocycles. The summed E-state index contributed by atoms with van der Waals surface area (Å²) in [6.07, 6.45) is 5.99. The molecule has 2 saturated heterocycles. The summed E-state index contributed by atoms with van der Waals surface area (Å²) in [5.41, 5.74) is 5.61. The summed E-state index contributed by atoms with van der Waals surface area (Å²) in [5.74, 6) is 1.85. The van der Waals surface area contributed by atoms with Gasteiger partial charge in [0.15, 0.2) is 0 Å². The molecule has 162 valence electrons. The number of carbonyl (C=O) groups excluding carboxylic acids is 1. The monoisotopic (exact) mass is 437 g/mol. The molecule has 0 atom stereocenters. The van der Waals surface area contributed by atoms with Gasteiger partial charge in [0.05, 0.1) is 17.2 Å². The molecule has 0 saturated carbocycles. The van der Waals surface area contributed by atoms with Crippen LogP contribution in [0.5, 0.6) is 0 Å². The van der Waals surface area contributed by atoms with Crippen LogP contribution in [0.1, 0.15) is 47.2 Å². The first-order valence-electron chi connectivity index (χ1n) is 11.2. The van der Waals surface area contributed by atoms with Gasteiger partial charge in [-0.15, -0.1) is 11.6 Å². The van der Waals surface area contributed by atoms with Crippen LogP contribution in [-0.4, -0.2) is 57.3 Å². The van der Waals surface area contributed by atoms with Crippen LogP contribution in [0.25, 0.3) is 22.4 Å². The Hall–Kier alpha value is -2.60. The number of rotatable bonds is 3. The zero-order chi connectivity index (χ0) is 21.5. The molecular weight excluding hydrogens is 410 g/mol. The molecule has 1 amide bonds. The second kappa shape index (κ2) is 8.15. The number of hydrogen-bond donors (Lipinski definition) is 1. The number of hydrogen-bond acceptors (Lipinski definition) is 4. The molecule has 1 N–H and O–H groups in total. The molecule has 2 aliphatic heterocycles. The largest absolute Gasteiger partial charge is 0.357 e. The van der Waals surface area contributed by atoms with E-state index >= 15 is 0 Å². The lowest BCUT2D eigenvalue weighted by molar-refractivity contribution is 0.0726. The van der Waals surface area contributed by atoms with Crippen molar-refractivity contribution in [3.8, 4) is 11.4 Å². The molecule has 0 aliphatic carbocycles. The normalized spacial score (nSPS) is 17.6. The number of alkyl halides is 1. The van der Waals surface area contributed by atoms with Gasteiger partial charge in [0.1, 0.15) is 11.6 Å². The highest BCUT2D eigenvalue weighted by Gasteiger charge is 2.24. The summed E-state index contributed by atoms with van der Waals surface area (Å²) in [7, 11) is 0. The number of nitrogens with one attached hydrogen (secondary N) is 1. The number of imidazole rings is 1.